The second-order valence-electron chi connectivity index (χ2n) is 7.96. The van der Waals surface area contributed by atoms with Gasteiger partial charge in [0.25, 0.3) is 0 Å². The fraction of sp³-hybridized carbons (Fsp3) is 0.647. The first kappa shape index (κ1) is 19.2. The summed E-state index contributed by atoms with van der Waals surface area (Å²) in [5, 5.41) is 10.6. The van der Waals surface area contributed by atoms with E-state index in [4.69, 9.17) is 4.74 Å². The van der Waals surface area contributed by atoms with E-state index in [0.29, 0.717) is 0 Å². The molecule has 0 aliphatic carbocycles. The van der Waals surface area contributed by atoms with Crippen molar-refractivity contribution >= 4 is 7.37 Å². The van der Waals surface area contributed by atoms with Gasteiger partial charge in [-0.25, -0.2) is 0 Å². The van der Waals surface area contributed by atoms with Crippen LogP contribution >= 0.6 is 7.37 Å². The molecule has 2 N–H and O–H groups in total. The highest BCUT2D eigenvalue weighted by molar-refractivity contribution is 7.56. The fourth-order valence-corrected chi connectivity index (χ4v) is 3.71. The Balaban J connectivity index is 3.45. The number of rotatable bonds is 4. The summed E-state index contributed by atoms with van der Waals surface area (Å²) in [5.74, 6) is 0.281. The number of aromatic hydroxyl groups is 1. The third-order valence-corrected chi connectivity index (χ3v) is 5.07. The summed E-state index contributed by atoms with van der Waals surface area (Å²) in [6.07, 6.45) is -0.114. The molecule has 4 nitrogen and oxygen atoms in total. The fourth-order valence-electron chi connectivity index (χ4n) is 2.46. The number of phenolic OH excluding ortho intramolecular Hbond substituents is 1. The van der Waals surface area contributed by atoms with Crippen molar-refractivity contribution in [3.63, 3.8) is 0 Å². The molecule has 126 valence electrons. The molecule has 0 radical (unpaired) electrons. The normalized spacial score (nSPS) is 15.6. The van der Waals surface area contributed by atoms with Crippen LogP contribution in [0.25, 0.3) is 0 Å². The molecule has 0 aliphatic heterocycles. The first-order chi connectivity index (χ1) is 9.78. The zero-order valence-corrected chi connectivity index (χ0v) is 15.6. The molecule has 0 aliphatic rings. The summed E-state index contributed by atoms with van der Waals surface area (Å²) >= 11 is 0. The minimum Gasteiger partial charge on any atom is -0.507 e. The molecule has 1 rings (SSSR count). The van der Waals surface area contributed by atoms with Crippen LogP contribution in [0.5, 0.6) is 5.75 Å². The quantitative estimate of drug-likeness (QED) is 0.806. The first-order valence-corrected chi connectivity index (χ1v) is 9.47. The van der Waals surface area contributed by atoms with E-state index < -0.39 is 7.37 Å². The summed E-state index contributed by atoms with van der Waals surface area (Å²) in [4.78, 5) is 9.99. The minimum atomic E-state index is -3.38. The number of ether oxygens (including phenoxy) is 1. The molecular formula is C17H29O4P. The Morgan fingerprint density at radius 2 is 1.45 bits per heavy atom. The van der Waals surface area contributed by atoms with Crippen LogP contribution < -0.4 is 0 Å². The van der Waals surface area contributed by atoms with Crippen molar-refractivity contribution in [1.29, 1.82) is 0 Å². The van der Waals surface area contributed by atoms with Crippen molar-refractivity contribution in [2.45, 2.75) is 58.5 Å². The van der Waals surface area contributed by atoms with Crippen LogP contribution in [0.3, 0.4) is 0 Å². The summed E-state index contributed by atoms with van der Waals surface area (Å²) in [6, 6.07) is 3.67. The van der Waals surface area contributed by atoms with Gasteiger partial charge in [-0.15, -0.1) is 0 Å². The Kier molecular flexibility index (Phi) is 5.55. The molecule has 0 spiro atoms. The van der Waals surface area contributed by atoms with E-state index in [1.807, 2.05) is 53.7 Å². The summed E-state index contributed by atoms with van der Waals surface area (Å²) in [5.41, 5.74) is 1.86. The van der Waals surface area contributed by atoms with Gasteiger partial charge in [0.15, 0.2) is 0 Å². The van der Waals surface area contributed by atoms with Crippen molar-refractivity contribution in [3.05, 3.63) is 28.8 Å². The van der Waals surface area contributed by atoms with Crippen LogP contribution in [0.2, 0.25) is 0 Å². The smallest absolute Gasteiger partial charge is 0.229 e. The molecule has 0 bridgehead atoms. The zero-order valence-electron chi connectivity index (χ0n) is 14.7. The lowest BCUT2D eigenvalue weighted by atomic mass is 9.78. The van der Waals surface area contributed by atoms with Crippen LogP contribution in [-0.4, -0.2) is 23.5 Å². The lowest BCUT2D eigenvalue weighted by Crippen LogP contribution is -2.18. The summed E-state index contributed by atoms with van der Waals surface area (Å²) in [6.45, 7) is 12.1. The van der Waals surface area contributed by atoms with Gasteiger partial charge >= 0.3 is 0 Å². The molecule has 1 atom stereocenters. The Hall–Kier alpha value is -0.830. The average Bonchev–Trinajstić information content (AvgIpc) is 2.27. The molecule has 0 saturated heterocycles. The maximum atomic E-state index is 12.2. The molecule has 0 heterocycles. The molecule has 0 saturated carbocycles. The second kappa shape index (κ2) is 6.35. The van der Waals surface area contributed by atoms with Crippen LogP contribution in [0.1, 0.15) is 58.2 Å². The van der Waals surface area contributed by atoms with Gasteiger partial charge in [-0.3, -0.25) is 4.57 Å². The predicted octanol–water partition coefficient (Wildman–Crippen LogP) is 4.36. The number of benzene rings is 1. The largest absolute Gasteiger partial charge is 0.507 e. The molecule has 0 amide bonds. The van der Waals surface area contributed by atoms with E-state index in [1.165, 1.54) is 7.11 Å². The lowest BCUT2D eigenvalue weighted by molar-refractivity contribution is 0.237. The Morgan fingerprint density at radius 1 is 1.05 bits per heavy atom. The third kappa shape index (κ3) is 4.84. The molecule has 0 aromatic heterocycles. The van der Waals surface area contributed by atoms with E-state index >= 15 is 0 Å². The van der Waals surface area contributed by atoms with E-state index in [2.05, 4.69) is 0 Å². The minimum absolute atomic E-state index is 0.0489. The predicted molar refractivity (Wildman–Crippen MR) is 90.9 cm³/mol. The van der Waals surface area contributed by atoms with E-state index in [1.54, 1.807) is 0 Å². The standard InChI is InChI=1S/C17H29O4P/c1-16(2,3)13-8-12(10-22(19,20)11-21-7)9-14(15(13)18)17(4,5)6/h8-9,18H,10-11H2,1-7H3,(H,19,20). The highest BCUT2D eigenvalue weighted by Gasteiger charge is 2.28. The van der Waals surface area contributed by atoms with Gasteiger partial charge in [0.2, 0.25) is 7.37 Å². The molecule has 1 aromatic carbocycles. The van der Waals surface area contributed by atoms with Gasteiger partial charge in [-0.1, -0.05) is 53.7 Å². The Labute approximate surface area is 134 Å². The van der Waals surface area contributed by atoms with Gasteiger partial charge < -0.3 is 14.7 Å². The van der Waals surface area contributed by atoms with Crippen LogP contribution in [0.15, 0.2) is 12.1 Å². The van der Waals surface area contributed by atoms with Crippen LogP contribution in [-0.2, 0) is 26.3 Å². The zero-order chi connectivity index (χ0) is 17.3. The molecule has 1 unspecified atom stereocenters. The molecule has 0 fully saturated rings. The highest BCUT2D eigenvalue weighted by atomic mass is 31.2. The van der Waals surface area contributed by atoms with Gasteiger partial charge in [0.1, 0.15) is 12.1 Å². The van der Waals surface area contributed by atoms with E-state index in [0.717, 1.165) is 16.7 Å². The number of methoxy groups -OCH3 is 1. The van der Waals surface area contributed by atoms with Crippen molar-refractivity contribution in [1.82, 2.24) is 0 Å². The second-order valence-corrected chi connectivity index (χ2v) is 10.2. The van der Waals surface area contributed by atoms with Gasteiger partial charge in [-0.2, -0.15) is 0 Å². The molecule has 5 heteroatoms. The van der Waals surface area contributed by atoms with E-state index in [-0.39, 0.29) is 29.1 Å². The van der Waals surface area contributed by atoms with Crippen molar-refractivity contribution in [2.75, 3.05) is 13.5 Å². The first-order valence-electron chi connectivity index (χ1n) is 7.44. The van der Waals surface area contributed by atoms with Gasteiger partial charge in [0.05, 0.1) is 6.16 Å². The van der Waals surface area contributed by atoms with Crippen molar-refractivity contribution in [2.24, 2.45) is 0 Å². The third-order valence-electron chi connectivity index (χ3n) is 3.55. The van der Waals surface area contributed by atoms with Crippen molar-refractivity contribution < 1.29 is 19.3 Å². The Bertz CT molecular complexity index is 544. The van der Waals surface area contributed by atoms with E-state index in [9.17, 15) is 14.6 Å². The number of phenols is 1. The van der Waals surface area contributed by atoms with Crippen LogP contribution in [0.4, 0.5) is 0 Å². The average molecular weight is 328 g/mol. The van der Waals surface area contributed by atoms with Gasteiger partial charge in [-0.05, 0) is 27.5 Å². The summed E-state index contributed by atoms with van der Waals surface area (Å²) in [7, 11) is -1.96. The summed E-state index contributed by atoms with van der Waals surface area (Å²) < 4.78 is 17.0. The SMILES string of the molecule is COCP(=O)(O)Cc1cc(C(C)(C)C)c(O)c(C(C)(C)C)c1. The molecule has 22 heavy (non-hydrogen) atoms. The molecular weight excluding hydrogens is 299 g/mol. The highest BCUT2D eigenvalue weighted by Crippen LogP contribution is 2.47. The van der Waals surface area contributed by atoms with Crippen LogP contribution in [0, 0.1) is 0 Å². The maximum Gasteiger partial charge on any atom is 0.229 e. The molecule has 1 aromatic rings. The maximum absolute atomic E-state index is 12.2. The van der Waals surface area contributed by atoms with Crippen molar-refractivity contribution in [3.8, 4) is 5.75 Å². The number of hydrogen-bond donors (Lipinski definition) is 2. The monoisotopic (exact) mass is 328 g/mol. The van der Waals surface area contributed by atoms with Gasteiger partial charge in [0, 0.05) is 7.11 Å². The number of hydrogen-bond acceptors (Lipinski definition) is 3. The lowest BCUT2D eigenvalue weighted by Gasteiger charge is -2.28. The topological polar surface area (TPSA) is 66.8 Å². The Morgan fingerprint density at radius 3 is 1.77 bits per heavy atom.